The van der Waals surface area contributed by atoms with Crippen LogP contribution in [0.1, 0.15) is 71.1 Å². The Hall–Kier alpha value is -1.68. The molecule has 1 aliphatic rings. The SMILES string of the molecule is CCCCCCC[C@H](O)C=C[C@H]1C=CC(=O)[C@@H]1C/C=C\CCCC(=O)O. The summed E-state index contributed by atoms with van der Waals surface area (Å²) >= 11 is 0. The van der Waals surface area contributed by atoms with Crippen LogP contribution in [0.5, 0.6) is 0 Å². The molecule has 0 aromatic heterocycles. The van der Waals surface area contributed by atoms with Crippen LogP contribution in [0.3, 0.4) is 0 Å². The number of carbonyl (C=O) groups is 2. The van der Waals surface area contributed by atoms with Crippen molar-refractivity contribution in [2.45, 2.75) is 77.2 Å². The third-order valence-electron chi connectivity index (χ3n) is 4.79. The molecule has 0 radical (unpaired) electrons. The fourth-order valence-corrected chi connectivity index (χ4v) is 3.17. The van der Waals surface area contributed by atoms with E-state index in [2.05, 4.69) is 6.92 Å². The van der Waals surface area contributed by atoms with Gasteiger partial charge >= 0.3 is 5.97 Å². The largest absolute Gasteiger partial charge is 0.481 e. The van der Waals surface area contributed by atoms with Crippen molar-refractivity contribution in [1.29, 1.82) is 0 Å². The summed E-state index contributed by atoms with van der Waals surface area (Å²) in [5.41, 5.74) is 0. The average Bonchev–Trinajstić information content (AvgIpc) is 2.95. The lowest BCUT2D eigenvalue weighted by molar-refractivity contribution is -0.137. The van der Waals surface area contributed by atoms with Gasteiger partial charge in [-0.25, -0.2) is 0 Å². The van der Waals surface area contributed by atoms with E-state index in [1.54, 1.807) is 6.08 Å². The van der Waals surface area contributed by atoms with Gasteiger partial charge in [0.15, 0.2) is 5.78 Å². The Morgan fingerprint density at radius 2 is 1.96 bits per heavy atom. The number of carboxylic acid groups (broad SMARTS) is 1. The Labute approximate surface area is 157 Å². The maximum atomic E-state index is 12.0. The topological polar surface area (TPSA) is 74.6 Å². The fraction of sp³-hybridized carbons (Fsp3) is 0.636. The highest BCUT2D eigenvalue weighted by Crippen LogP contribution is 2.27. The van der Waals surface area contributed by atoms with Gasteiger partial charge in [0.25, 0.3) is 0 Å². The maximum Gasteiger partial charge on any atom is 0.303 e. The van der Waals surface area contributed by atoms with Gasteiger partial charge in [-0.05, 0) is 31.8 Å². The van der Waals surface area contributed by atoms with Crippen molar-refractivity contribution < 1.29 is 19.8 Å². The van der Waals surface area contributed by atoms with Gasteiger partial charge in [-0.15, -0.1) is 0 Å². The maximum absolute atomic E-state index is 12.0. The zero-order valence-corrected chi connectivity index (χ0v) is 16.0. The van der Waals surface area contributed by atoms with Gasteiger partial charge < -0.3 is 10.2 Å². The molecule has 0 aromatic rings. The number of hydrogen-bond donors (Lipinski definition) is 2. The van der Waals surface area contributed by atoms with Crippen LogP contribution in [0.15, 0.2) is 36.5 Å². The average molecular weight is 363 g/mol. The highest BCUT2D eigenvalue weighted by molar-refractivity contribution is 5.95. The third kappa shape index (κ3) is 9.71. The summed E-state index contributed by atoms with van der Waals surface area (Å²) < 4.78 is 0. The molecule has 26 heavy (non-hydrogen) atoms. The number of carbonyl (C=O) groups excluding carboxylic acids is 1. The number of ketones is 1. The molecular weight excluding hydrogens is 328 g/mol. The lowest BCUT2D eigenvalue weighted by Crippen LogP contribution is -2.14. The Morgan fingerprint density at radius 1 is 1.19 bits per heavy atom. The van der Waals surface area contributed by atoms with Crippen molar-refractivity contribution in [2.24, 2.45) is 11.8 Å². The molecule has 0 saturated heterocycles. The number of aliphatic carboxylic acids is 1. The zero-order valence-electron chi connectivity index (χ0n) is 16.0. The smallest absolute Gasteiger partial charge is 0.303 e. The number of unbranched alkanes of at least 4 members (excludes halogenated alkanes) is 5. The number of aliphatic hydroxyl groups excluding tert-OH is 1. The quantitative estimate of drug-likeness (QED) is 0.343. The van der Waals surface area contributed by atoms with E-state index in [1.807, 2.05) is 30.4 Å². The zero-order chi connectivity index (χ0) is 19.2. The normalized spacial score (nSPS) is 21.2. The number of carboxylic acids is 1. The first kappa shape index (κ1) is 22.4. The minimum atomic E-state index is -0.775. The minimum Gasteiger partial charge on any atom is -0.481 e. The van der Waals surface area contributed by atoms with Crippen molar-refractivity contribution in [3.63, 3.8) is 0 Å². The van der Waals surface area contributed by atoms with E-state index in [-0.39, 0.29) is 24.0 Å². The van der Waals surface area contributed by atoms with Crippen LogP contribution in [-0.2, 0) is 9.59 Å². The summed E-state index contributed by atoms with van der Waals surface area (Å²) in [6, 6.07) is 0. The van der Waals surface area contributed by atoms with Crippen LogP contribution < -0.4 is 0 Å². The second-order valence-corrected chi connectivity index (χ2v) is 7.09. The molecule has 0 aliphatic heterocycles. The molecule has 0 spiro atoms. The van der Waals surface area contributed by atoms with Crippen molar-refractivity contribution in [3.05, 3.63) is 36.5 Å². The van der Waals surface area contributed by atoms with Crippen LogP contribution in [0.4, 0.5) is 0 Å². The lowest BCUT2D eigenvalue weighted by atomic mass is 9.90. The van der Waals surface area contributed by atoms with E-state index in [0.717, 1.165) is 25.7 Å². The molecule has 1 aliphatic carbocycles. The van der Waals surface area contributed by atoms with E-state index >= 15 is 0 Å². The first-order valence-corrected chi connectivity index (χ1v) is 9.99. The molecule has 0 unspecified atom stereocenters. The van der Waals surface area contributed by atoms with Crippen LogP contribution in [0, 0.1) is 11.8 Å². The number of aliphatic hydroxyl groups is 1. The number of rotatable bonds is 14. The van der Waals surface area contributed by atoms with Crippen molar-refractivity contribution in [2.75, 3.05) is 0 Å². The van der Waals surface area contributed by atoms with E-state index in [0.29, 0.717) is 12.8 Å². The van der Waals surface area contributed by atoms with E-state index in [9.17, 15) is 14.7 Å². The van der Waals surface area contributed by atoms with Crippen LogP contribution >= 0.6 is 0 Å². The highest BCUT2D eigenvalue weighted by atomic mass is 16.4. The Bertz CT molecular complexity index is 504. The van der Waals surface area contributed by atoms with Crippen LogP contribution in [0.2, 0.25) is 0 Å². The summed E-state index contributed by atoms with van der Waals surface area (Å²) in [6.07, 6.45) is 19.7. The number of hydrogen-bond acceptors (Lipinski definition) is 3. The molecule has 3 atom stereocenters. The van der Waals surface area contributed by atoms with Gasteiger partial charge in [0, 0.05) is 18.3 Å². The third-order valence-corrected chi connectivity index (χ3v) is 4.79. The molecule has 0 fully saturated rings. The molecular formula is C22H34O4. The van der Waals surface area contributed by atoms with Crippen LogP contribution in [-0.4, -0.2) is 28.1 Å². The summed E-state index contributed by atoms with van der Waals surface area (Å²) in [6.45, 7) is 2.19. The monoisotopic (exact) mass is 362 g/mol. The van der Waals surface area contributed by atoms with Gasteiger partial charge in [0.05, 0.1) is 6.10 Å². The molecule has 2 N–H and O–H groups in total. The fourth-order valence-electron chi connectivity index (χ4n) is 3.17. The highest BCUT2D eigenvalue weighted by Gasteiger charge is 2.27. The molecule has 0 amide bonds. The molecule has 0 bridgehead atoms. The minimum absolute atomic E-state index is 0.0425. The molecule has 0 saturated carbocycles. The lowest BCUT2D eigenvalue weighted by Gasteiger charge is -2.13. The molecule has 0 aromatic carbocycles. The van der Waals surface area contributed by atoms with Gasteiger partial charge in [0.2, 0.25) is 0 Å². The molecule has 4 nitrogen and oxygen atoms in total. The number of allylic oxidation sites excluding steroid dienone is 5. The Kier molecular flexibility index (Phi) is 11.6. The van der Waals surface area contributed by atoms with Gasteiger partial charge in [0.1, 0.15) is 0 Å². The van der Waals surface area contributed by atoms with Crippen molar-refractivity contribution in [3.8, 4) is 0 Å². The standard InChI is InChI=1S/C22H34O4/c1-2-3-4-5-8-11-19(23)16-14-18-15-17-21(24)20(18)12-9-6-7-10-13-22(25)26/h6,9,14-20,23H,2-5,7-8,10-13H2,1H3,(H,25,26)/b9-6-,16-14?/t18-,19-,20+/m0/s1. The van der Waals surface area contributed by atoms with Crippen molar-refractivity contribution in [1.82, 2.24) is 0 Å². The molecule has 0 heterocycles. The summed E-state index contributed by atoms with van der Waals surface area (Å²) in [5, 5.41) is 18.7. The summed E-state index contributed by atoms with van der Waals surface area (Å²) in [7, 11) is 0. The first-order chi connectivity index (χ1) is 12.5. The predicted octanol–water partition coefficient (Wildman–Crippen LogP) is 4.84. The van der Waals surface area contributed by atoms with E-state index < -0.39 is 12.1 Å². The van der Waals surface area contributed by atoms with Crippen molar-refractivity contribution >= 4 is 11.8 Å². The van der Waals surface area contributed by atoms with Gasteiger partial charge in [-0.2, -0.15) is 0 Å². The van der Waals surface area contributed by atoms with E-state index in [4.69, 9.17) is 5.11 Å². The second-order valence-electron chi connectivity index (χ2n) is 7.09. The Balaban J connectivity index is 2.32. The van der Waals surface area contributed by atoms with Crippen LogP contribution in [0.25, 0.3) is 0 Å². The van der Waals surface area contributed by atoms with E-state index in [1.165, 1.54) is 19.3 Å². The summed E-state index contributed by atoms with van der Waals surface area (Å²) in [5.74, 6) is -0.703. The summed E-state index contributed by atoms with van der Waals surface area (Å²) in [4.78, 5) is 22.5. The first-order valence-electron chi connectivity index (χ1n) is 9.99. The second kappa shape index (κ2) is 13.5. The molecule has 1 rings (SSSR count). The Morgan fingerprint density at radius 3 is 2.69 bits per heavy atom. The van der Waals surface area contributed by atoms with Gasteiger partial charge in [-0.1, -0.05) is 69.4 Å². The van der Waals surface area contributed by atoms with Gasteiger partial charge in [-0.3, -0.25) is 9.59 Å². The molecule has 4 heteroatoms. The predicted molar refractivity (Wildman–Crippen MR) is 105 cm³/mol. The molecule has 146 valence electrons.